The molecule has 6 heteroatoms. The number of nitrogens with zero attached hydrogens (tertiary/aromatic N) is 1. The number of H-pyrrole nitrogens is 1. The number of nitrogens with one attached hydrogen (secondary N) is 1. The first-order valence-electron chi connectivity index (χ1n) is 4.04. The summed E-state index contributed by atoms with van der Waals surface area (Å²) in [6.45, 7) is 0. The first kappa shape index (κ1) is 9.57. The number of hydrogen-bond donors (Lipinski definition) is 2. The first-order valence-corrected chi connectivity index (χ1v) is 4.04. The summed E-state index contributed by atoms with van der Waals surface area (Å²) in [7, 11) is 0. The number of aromatic amines is 1. The van der Waals surface area contributed by atoms with E-state index in [1.165, 1.54) is 0 Å². The zero-order chi connectivity index (χ0) is 11.0. The predicted octanol–water partition coefficient (Wildman–Crippen LogP) is 2.08. The van der Waals surface area contributed by atoms with E-state index < -0.39 is 17.5 Å². The molecule has 0 atom stereocenters. The highest BCUT2D eigenvalue weighted by Crippen LogP contribution is 2.26. The van der Waals surface area contributed by atoms with Gasteiger partial charge < -0.3 is 5.73 Å². The summed E-state index contributed by atoms with van der Waals surface area (Å²) in [5.74, 6) is -2.69. The van der Waals surface area contributed by atoms with E-state index in [1.807, 2.05) is 0 Å². The van der Waals surface area contributed by atoms with E-state index >= 15 is 0 Å². The van der Waals surface area contributed by atoms with E-state index in [0.717, 1.165) is 18.2 Å². The number of nitrogen functional groups attached to an aromatic ring is 1. The van der Waals surface area contributed by atoms with Crippen molar-refractivity contribution in [1.82, 2.24) is 10.2 Å². The fraction of sp³-hybridized carbons (Fsp3) is 0. The van der Waals surface area contributed by atoms with Crippen molar-refractivity contribution in [2.75, 3.05) is 5.73 Å². The third-order valence-corrected chi connectivity index (χ3v) is 1.93. The summed E-state index contributed by atoms with van der Waals surface area (Å²) in [6.07, 6.45) is 0. The van der Waals surface area contributed by atoms with Crippen molar-refractivity contribution < 1.29 is 13.2 Å². The lowest BCUT2D eigenvalue weighted by atomic mass is 10.1. The summed E-state index contributed by atoms with van der Waals surface area (Å²) in [5, 5.41) is 5.55. The van der Waals surface area contributed by atoms with Gasteiger partial charge in [-0.1, -0.05) is 0 Å². The maximum atomic E-state index is 13.3. The Morgan fingerprint density at radius 1 is 1.20 bits per heavy atom. The van der Waals surface area contributed by atoms with Gasteiger partial charge in [0, 0.05) is 5.56 Å². The molecule has 1 aromatic carbocycles. The lowest BCUT2D eigenvalue weighted by Crippen LogP contribution is -1.90. The molecule has 0 aliphatic carbocycles. The van der Waals surface area contributed by atoms with Crippen molar-refractivity contribution >= 4 is 5.82 Å². The van der Waals surface area contributed by atoms with E-state index in [4.69, 9.17) is 5.73 Å². The Labute approximate surface area is 82.7 Å². The number of aromatic nitrogens is 2. The standard InChI is InChI=1S/C9H6F3N3/c10-4-1-2-6(11)5(3-4)8-7(12)9(13)15-14-8/h1-3H,(H3,13,14,15). The van der Waals surface area contributed by atoms with Crippen LogP contribution in [0.3, 0.4) is 0 Å². The molecule has 3 N–H and O–H groups in total. The Kier molecular flexibility index (Phi) is 2.11. The number of hydrogen-bond acceptors (Lipinski definition) is 2. The minimum absolute atomic E-state index is 0.239. The lowest BCUT2D eigenvalue weighted by molar-refractivity contribution is 0.598. The number of rotatable bonds is 1. The highest BCUT2D eigenvalue weighted by Gasteiger charge is 2.16. The van der Waals surface area contributed by atoms with Crippen LogP contribution in [0.4, 0.5) is 19.0 Å². The lowest BCUT2D eigenvalue weighted by Gasteiger charge is -2.00. The predicted molar refractivity (Wildman–Crippen MR) is 48.3 cm³/mol. The van der Waals surface area contributed by atoms with E-state index in [9.17, 15) is 13.2 Å². The maximum Gasteiger partial charge on any atom is 0.192 e. The van der Waals surface area contributed by atoms with Crippen molar-refractivity contribution in [2.45, 2.75) is 0 Å². The molecule has 0 aliphatic heterocycles. The number of anilines is 1. The second-order valence-electron chi connectivity index (χ2n) is 2.92. The summed E-state index contributed by atoms with van der Waals surface area (Å²) >= 11 is 0. The summed E-state index contributed by atoms with van der Waals surface area (Å²) in [6, 6.07) is 2.71. The van der Waals surface area contributed by atoms with Gasteiger partial charge in [-0.3, -0.25) is 5.10 Å². The topological polar surface area (TPSA) is 54.7 Å². The summed E-state index contributed by atoms with van der Waals surface area (Å²) < 4.78 is 39.3. The van der Waals surface area contributed by atoms with Crippen molar-refractivity contribution in [3.8, 4) is 11.3 Å². The van der Waals surface area contributed by atoms with Gasteiger partial charge in [-0.05, 0) is 18.2 Å². The van der Waals surface area contributed by atoms with Crippen LogP contribution in [0, 0.1) is 17.5 Å². The molecular formula is C9H6F3N3. The number of nitrogens with two attached hydrogens (primary N) is 1. The molecule has 0 amide bonds. The van der Waals surface area contributed by atoms with Crippen molar-refractivity contribution in [1.29, 1.82) is 0 Å². The van der Waals surface area contributed by atoms with Crippen molar-refractivity contribution in [3.63, 3.8) is 0 Å². The molecule has 2 rings (SSSR count). The maximum absolute atomic E-state index is 13.3. The number of benzene rings is 1. The van der Waals surface area contributed by atoms with Gasteiger partial charge in [0.2, 0.25) is 0 Å². The van der Waals surface area contributed by atoms with Gasteiger partial charge in [0.05, 0.1) is 0 Å². The van der Waals surface area contributed by atoms with Gasteiger partial charge in [0.15, 0.2) is 11.6 Å². The molecule has 0 aliphatic rings. The Hall–Kier alpha value is -1.98. The van der Waals surface area contributed by atoms with Crippen LogP contribution in [0.2, 0.25) is 0 Å². The van der Waals surface area contributed by atoms with Crippen LogP contribution in [0.5, 0.6) is 0 Å². The van der Waals surface area contributed by atoms with E-state index in [-0.39, 0.29) is 17.1 Å². The second kappa shape index (κ2) is 3.30. The second-order valence-corrected chi connectivity index (χ2v) is 2.92. The fourth-order valence-corrected chi connectivity index (χ4v) is 1.21. The average molecular weight is 213 g/mol. The first-order chi connectivity index (χ1) is 7.09. The van der Waals surface area contributed by atoms with E-state index in [2.05, 4.69) is 10.2 Å². The quantitative estimate of drug-likeness (QED) is 0.761. The molecule has 0 bridgehead atoms. The molecule has 0 radical (unpaired) electrons. The van der Waals surface area contributed by atoms with Crippen molar-refractivity contribution in [2.24, 2.45) is 0 Å². The molecule has 1 heterocycles. The smallest absolute Gasteiger partial charge is 0.192 e. The Bertz CT molecular complexity index is 507. The normalized spacial score (nSPS) is 10.6. The van der Waals surface area contributed by atoms with Crippen LogP contribution >= 0.6 is 0 Å². The average Bonchev–Trinajstić information content (AvgIpc) is 2.52. The molecule has 0 spiro atoms. The van der Waals surface area contributed by atoms with E-state index in [1.54, 1.807) is 0 Å². The Morgan fingerprint density at radius 2 is 1.93 bits per heavy atom. The number of halogens is 3. The van der Waals surface area contributed by atoms with Gasteiger partial charge >= 0.3 is 0 Å². The van der Waals surface area contributed by atoms with E-state index in [0.29, 0.717) is 0 Å². The highest BCUT2D eigenvalue weighted by atomic mass is 19.1. The zero-order valence-corrected chi connectivity index (χ0v) is 7.39. The van der Waals surface area contributed by atoms with Gasteiger partial charge in [-0.2, -0.15) is 5.10 Å². The molecule has 3 nitrogen and oxygen atoms in total. The largest absolute Gasteiger partial charge is 0.380 e. The van der Waals surface area contributed by atoms with Crippen LogP contribution in [-0.2, 0) is 0 Å². The minimum Gasteiger partial charge on any atom is -0.380 e. The van der Waals surface area contributed by atoms with Crippen LogP contribution in [0.15, 0.2) is 18.2 Å². The van der Waals surface area contributed by atoms with Crippen molar-refractivity contribution in [3.05, 3.63) is 35.7 Å². The van der Waals surface area contributed by atoms with Crippen LogP contribution < -0.4 is 5.73 Å². The molecular weight excluding hydrogens is 207 g/mol. The third-order valence-electron chi connectivity index (χ3n) is 1.93. The van der Waals surface area contributed by atoms with Gasteiger partial charge in [-0.15, -0.1) is 0 Å². The zero-order valence-electron chi connectivity index (χ0n) is 7.39. The highest BCUT2D eigenvalue weighted by molar-refractivity contribution is 5.63. The molecule has 2 aromatic rings. The van der Waals surface area contributed by atoms with Gasteiger partial charge in [0.25, 0.3) is 0 Å². The minimum atomic E-state index is -0.889. The molecule has 0 saturated heterocycles. The van der Waals surface area contributed by atoms with Crippen LogP contribution in [-0.4, -0.2) is 10.2 Å². The molecule has 78 valence electrons. The van der Waals surface area contributed by atoms with Gasteiger partial charge in [-0.25, -0.2) is 13.2 Å². The molecule has 1 aromatic heterocycles. The summed E-state index contributed by atoms with van der Waals surface area (Å²) in [5.41, 5.74) is 4.63. The Morgan fingerprint density at radius 3 is 2.53 bits per heavy atom. The molecule has 0 fully saturated rings. The fourth-order valence-electron chi connectivity index (χ4n) is 1.21. The van der Waals surface area contributed by atoms with Crippen LogP contribution in [0.25, 0.3) is 11.3 Å². The molecule has 0 unspecified atom stereocenters. The molecule has 15 heavy (non-hydrogen) atoms. The Balaban J connectivity index is 2.63. The molecule has 0 saturated carbocycles. The van der Waals surface area contributed by atoms with Gasteiger partial charge in [0.1, 0.15) is 17.3 Å². The third kappa shape index (κ3) is 1.54. The summed E-state index contributed by atoms with van der Waals surface area (Å²) in [4.78, 5) is 0. The monoisotopic (exact) mass is 213 g/mol. The SMILES string of the molecule is Nc1n[nH]c(-c2cc(F)ccc2F)c1F. The van der Waals surface area contributed by atoms with Crippen LogP contribution in [0.1, 0.15) is 0 Å².